The number of hydrogen-bond donors (Lipinski definition) is 1. The fourth-order valence-electron chi connectivity index (χ4n) is 1.27. The van der Waals surface area contributed by atoms with Crippen molar-refractivity contribution in [1.29, 1.82) is 0 Å². The number of hydrogen-bond acceptors (Lipinski definition) is 2. The van der Waals surface area contributed by atoms with Crippen LogP contribution in [0.15, 0.2) is 17.5 Å². The zero-order chi connectivity index (χ0) is 10.3. The molecule has 0 amide bonds. The minimum Gasteiger partial charge on any atom is -0.506 e. The van der Waals surface area contributed by atoms with E-state index in [2.05, 4.69) is 0 Å². The zero-order valence-corrected chi connectivity index (χ0v) is 9.77. The minimum absolute atomic E-state index is 0.0642. The Morgan fingerprint density at radius 3 is 2.79 bits per heavy atom. The Morgan fingerprint density at radius 1 is 1.43 bits per heavy atom. The third-order valence-electron chi connectivity index (χ3n) is 1.92. The fourth-order valence-corrected chi connectivity index (χ4v) is 3.11. The van der Waals surface area contributed by atoms with E-state index in [1.54, 1.807) is 11.4 Å². The van der Waals surface area contributed by atoms with Crippen LogP contribution in [0.1, 0.15) is 12.0 Å². The lowest BCUT2D eigenvalue weighted by molar-refractivity contribution is 0.150. The van der Waals surface area contributed by atoms with Crippen molar-refractivity contribution >= 4 is 44.0 Å². The van der Waals surface area contributed by atoms with Crippen LogP contribution in [0.3, 0.4) is 0 Å². The van der Waals surface area contributed by atoms with Crippen LogP contribution in [0.2, 0.25) is 0 Å². The van der Waals surface area contributed by atoms with Gasteiger partial charge in [0.2, 0.25) is 0 Å². The molecule has 2 rings (SSSR count). The smallest absolute Gasteiger partial charge is 0.265 e. The molecule has 0 fully saturated rings. The molecule has 0 aliphatic heterocycles. The predicted molar refractivity (Wildman–Crippen MR) is 61.2 cm³/mol. The number of phenolic OH excluding ortho intramolecular Hbond substituents is 1. The molecule has 0 saturated heterocycles. The van der Waals surface area contributed by atoms with Crippen LogP contribution >= 0.6 is 33.9 Å². The second-order valence-corrected chi connectivity index (χ2v) is 4.76. The highest BCUT2D eigenvalue weighted by Gasteiger charge is 2.17. The van der Waals surface area contributed by atoms with E-state index in [4.69, 9.17) is 0 Å². The minimum atomic E-state index is -2.54. The van der Waals surface area contributed by atoms with Crippen molar-refractivity contribution in [2.24, 2.45) is 0 Å². The molecule has 0 unspecified atom stereocenters. The molecule has 0 atom stereocenters. The summed E-state index contributed by atoms with van der Waals surface area (Å²) in [5.74, 6) is -0.0642. The van der Waals surface area contributed by atoms with Gasteiger partial charge in [-0.15, -0.1) is 11.3 Å². The SMILES string of the molecule is Oc1cc(C(F)F)c(I)c2ccsc12. The van der Waals surface area contributed by atoms with E-state index in [1.165, 1.54) is 11.3 Å². The molecule has 14 heavy (non-hydrogen) atoms. The number of aromatic hydroxyl groups is 1. The van der Waals surface area contributed by atoms with E-state index in [0.29, 0.717) is 13.7 Å². The van der Waals surface area contributed by atoms with E-state index >= 15 is 0 Å². The van der Waals surface area contributed by atoms with E-state index < -0.39 is 6.43 Å². The molecule has 1 aromatic heterocycles. The van der Waals surface area contributed by atoms with Crippen molar-refractivity contribution < 1.29 is 13.9 Å². The molecule has 74 valence electrons. The first kappa shape index (κ1) is 10.1. The number of rotatable bonds is 1. The quantitative estimate of drug-likeness (QED) is 0.781. The largest absolute Gasteiger partial charge is 0.506 e. The van der Waals surface area contributed by atoms with E-state index in [9.17, 15) is 13.9 Å². The van der Waals surface area contributed by atoms with Crippen molar-refractivity contribution in [3.63, 3.8) is 0 Å². The molecular weight excluding hydrogens is 321 g/mol. The number of halogens is 3. The molecule has 1 nitrogen and oxygen atoms in total. The second-order valence-electron chi connectivity index (χ2n) is 2.76. The molecule has 1 aromatic carbocycles. The van der Waals surface area contributed by atoms with Crippen molar-refractivity contribution in [2.45, 2.75) is 6.43 Å². The highest BCUT2D eigenvalue weighted by Crippen LogP contribution is 2.38. The van der Waals surface area contributed by atoms with Gasteiger partial charge in [0.1, 0.15) is 5.75 Å². The summed E-state index contributed by atoms with van der Waals surface area (Å²) in [6.07, 6.45) is -2.54. The first-order valence-electron chi connectivity index (χ1n) is 3.78. The molecule has 0 bridgehead atoms. The maximum absolute atomic E-state index is 12.5. The van der Waals surface area contributed by atoms with Crippen molar-refractivity contribution in [3.8, 4) is 5.75 Å². The average Bonchev–Trinajstić information content (AvgIpc) is 2.59. The summed E-state index contributed by atoms with van der Waals surface area (Å²) in [5.41, 5.74) is -0.103. The van der Waals surface area contributed by atoms with Crippen LogP contribution < -0.4 is 0 Å². The molecule has 0 radical (unpaired) electrons. The maximum atomic E-state index is 12.5. The Kier molecular flexibility index (Phi) is 2.61. The Labute approximate surface area is 96.5 Å². The van der Waals surface area contributed by atoms with Gasteiger partial charge in [-0.1, -0.05) is 0 Å². The van der Waals surface area contributed by atoms with Gasteiger partial charge >= 0.3 is 0 Å². The Hall–Kier alpha value is -0.430. The Morgan fingerprint density at radius 2 is 2.14 bits per heavy atom. The molecule has 2 aromatic rings. The summed E-state index contributed by atoms with van der Waals surface area (Å²) in [7, 11) is 0. The van der Waals surface area contributed by atoms with Crippen LogP contribution in [-0.2, 0) is 0 Å². The van der Waals surface area contributed by atoms with Gasteiger partial charge in [0, 0.05) is 14.5 Å². The predicted octanol–water partition coefficient (Wildman–Crippen LogP) is 4.15. The lowest BCUT2D eigenvalue weighted by Gasteiger charge is -2.05. The monoisotopic (exact) mass is 326 g/mol. The van der Waals surface area contributed by atoms with Gasteiger partial charge in [-0.05, 0) is 40.1 Å². The lowest BCUT2D eigenvalue weighted by Crippen LogP contribution is -1.89. The fraction of sp³-hybridized carbons (Fsp3) is 0.111. The number of benzene rings is 1. The van der Waals surface area contributed by atoms with Gasteiger partial charge in [0.05, 0.1) is 4.70 Å². The Balaban J connectivity index is 2.82. The van der Waals surface area contributed by atoms with E-state index in [1.807, 2.05) is 22.6 Å². The standard InChI is InChI=1S/C9H5F2IOS/c10-9(11)5-3-6(13)8-4(7(5)12)1-2-14-8/h1-3,9,13H. The highest BCUT2D eigenvalue weighted by molar-refractivity contribution is 14.1. The molecule has 1 N–H and O–H groups in total. The molecule has 0 saturated carbocycles. The molecular formula is C9H5F2IOS. The maximum Gasteiger partial charge on any atom is 0.265 e. The summed E-state index contributed by atoms with van der Waals surface area (Å²) in [6, 6.07) is 2.89. The summed E-state index contributed by atoms with van der Waals surface area (Å²) < 4.78 is 26.2. The highest BCUT2D eigenvalue weighted by atomic mass is 127. The average molecular weight is 326 g/mol. The first-order chi connectivity index (χ1) is 6.61. The van der Waals surface area contributed by atoms with Crippen LogP contribution in [0.4, 0.5) is 8.78 Å². The molecule has 0 aliphatic carbocycles. The van der Waals surface area contributed by atoms with Crippen molar-refractivity contribution in [2.75, 3.05) is 0 Å². The molecule has 0 aliphatic rings. The van der Waals surface area contributed by atoms with Crippen molar-refractivity contribution in [3.05, 3.63) is 26.6 Å². The normalized spacial score (nSPS) is 11.4. The van der Waals surface area contributed by atoms with Gasteiger partial charge in [0.25, 0.3) is 6.43 Å². The van der Waals surface area contributed by atoms with Crippen molar-refractivity contribution in [1.82, 2.24) is 0 Å². The summed E-state index contributed by atoms with van der Waals surface area (Å²) in [5, 5.41) is 12.0. The third kappa shape index (κ3) is 1.48. The first-order valence-corrected chi connectivity index (χ1v) is 5.74. The van der Waals surface area contributed by atoms with Gasteiger partial charge in [-0.2, -0.15) is 0 Å². The number of thiophene rings is 1. The van der Waals surface area contributed by atoms with Crippen LogP contribution in [0.5, 0.6) is 5.75 Å². The van der Waals surface area contributed by atoms with Gasteiger partial charge < -0.3 is 5.11 Å². The zero-order valence-electron chi connectivity index (χ0n) is 6.80. The van der Waals surface area contributed by atoms with E-state index in [0.717, 1.165) is 6.07 Å². The number of alkyl halides is 2. The molecule has 0 spiro atoms. The topological polar surface area (TPSA) is 20.2 Å². The number of fused-ring (bicyclic) bond motifs is 1. The summed E-state index contributed by atoms with van der Waals surface area (Å²) in [4.78, 5) is 0. The second kappa shape index (κ2) is 3.62. The summed E-state index contributed by atoms with van der Waals surface area (Å²) in [6.45, 7) is 0. The van der Waals surface area contributed by atoms with Gasteiger partial charge in [-0.25, -0.2) is 8.78 Å². The molecule has 1 heterocycles. The summed E-state index contributed by atoms with van der Waals surface area (Å²) >= 11 is 3.23. The molecule has 5 heteroatoms. The lowest BCUT2D eigenvalue weighted by atomic mass is 10.1. The Bertz CT molecular complexity index is 481. The van der Waals surface area contributed by atoms with Crippen LogP contribution in [-0.4, -0.2) is 5.11 Å². The third-order valence-corrected chi connectivity index (χ3v) is 4.06. The van der Waals surface area contributed by atoms with E-state index in [-0.39, 0.29) is 11.3 Å². The van der Waals surface area contributed by atoms with Gasteiger partial charge in [0.15, 0.2) is 0 Å². The van der Waals surface area contributed by atoms with Crippen LogP contribution in [0, 0.1) is 3.57 Å². The number of phenols is 1. The van der Waals surface area contributed by atoms with Crippen LogP contribution in [0.25, 0.3) is 10.1 Å². The van der Waals surface area contributed by atoms with Gasteiger partial charge in [-0.3, -0.25) is 0 Å².